The lowest BCUT2D eigenvalue weighted by Gasteiger charge is -2.17. The van der Waals surface area contributed by atoms with Gasteiger partial charge in [-0.05, 0) is 28.6 Å². The van der Waals surface area contributed by atoms with Crippen LogP contribution in [0.5, 0.6) is 0 Å². The molecule has 0 unspecified atom stereocenters. The first-order chi connectivity index (χ1) is 12.1. The molecule has 0 spiro atoms. The first-order valence-corrected chi connectivity index (χ1v) is 10.6. The fourth-order valence-electron chi connectivity index (χ4n) is 2.02. The van der Waals surface area contributed by atoms with E-state index in [1.54, 1.807) is 29.4 Å². The van der Waals surface area contributed by atoms with Crippen LogP contribution in [-0.4, -0.2) is 46.1 Å². The molecule has 2 aromatic rings. The normalized spacial score (nSPS) is 11.8. The van der Waals surface area contributed by atoms with Crippen molar-refractivity contribution in [3.8, 4) is 0 Å². The number of sulfonamides is 1. The molecule has 2 rings (SSSR count). The third kappa shape index (κ3) is 5.00. The van der Waals surface area contributed by atoms with E-state index in [-0.39, 0.29) is 6.54 Å². The Balaban J connectivity index is 2.10. The van der Waals surface area contributed by atoms with Crippen LogP contribution in [0.3, 0.4) is 0 Å². The highest BCUT2D eigenvalue weighted by Crippen LogP contribution is 2.20. The number of hydrogen-bond acceptors (Lipinski definition) is 7. The molecule has 0 atom stereocenters. The number of aromatic nitrogens is 1. The summed E-state index contributed by atoms with van der Waals surface area (Å²) >= 11 is 0. The molecule has 0 fully saturated rings. The van der Waals surface area contributed by atoms with Crippen LogP contribution in [0.4, 0.5) is 4.79 Å². The lowest BCUT2D eigenvalue weighted by atomic mass is 10.3. The van der Waals surface area contributed by atoms with Crippen molar-refractivity contribution in [2.45, 2.75) is 16.3 Å². The molecule has 140 valence electrons. The number of nitrogens with zero attached hydrogens (tertiary/aromatic N) is 2. The maximum absolute atomic E-state index is 12.3. The molecule has 0 aliphatic heterocycles. The van der Waals surface area contributed by atoms with E-state index in [4.69, 9.17) is 0 Å². The maximum atomic E-state index is 12.3. The molecular formula is C15H17N3O6S2. The molecule has 0 radical (unpaired) electrons. The summed E-state index contributed by atoms with van der Waals surface area (Å²) in [6.45, 7) is 0.147. The summed E-state index contributed by atoms with van der Waals surface area (Å²) in [5.41, 5.74) is 0.720. The van der Waals surface area contributed by atoms with Crippen molar-refractivity contribution in [2.75, 3.05) is 13.3 Å². The number of benzene rings is 1. The molecule has 0 aliphatic carbocycles. The number of nitrogens with one attached hydrogen (secondary N) is 1. The average molecular weight is 399 g/mol. The highest BCUT2D eigenvalue weighted by molar-refractivity contribution is 7.93. The van der Waals surface area contributed by atoms with Crippen LogP contribution in [-0.2, 0) is 31.2 Å². The van der Waals surface area contributed by atoms with E-state index in [0.717, 1.165) is 28.9 Å². The van der Waals surface area contributed by atoms with Crippen LogP contribution in [0.2, 0.25) is 0 Å². The van der Waals surface area contributed by atoms with Gasteiger partial charge in [0.05, 0.1) is 11.4 Å². The number of hydrogen-bond donors (Lipinski definition) is 1. The number of rotatable bonds is 6. The highest BCUT2D eigenvalue weighted by atomic mass is 32.2. The van der Waals surface area contributed by atoms with E-state index in [0.29, 0.717) is 0 Å². The van der Waals surface area contributed by atoms with Gasteiger partial charge >= 0.3 is 6.09 Å². The first-order valence-electron chi connectivity index (χ1n) is 7.23. The molecule has 0 saturated carbocycles. The number of pyridine rings is 1. The van der Waals surface area contributed by atoms with Crippen molar-refractivity contribution in [1.82, 2.24) is 14.8 Å². The third-order valence-corrected chi connectivity index (χ3v) is 5.75. The van der Waals surface area contributed by atoms with Gasteiger partial charge in [0.1, 0.15) is 4.90 Å². The van der Waals surface area contributed by atoms with Crippen LogP contribution in [0.25, 0.3) is 0 Å². The summed E-state index contributed by atoms with van der Waals surface area (Å²) in [6.07, 6.45) is 3.05. The highest BCUT2D eigenvalue weighted by Gasteiger charge is 2.25. The lowest BCUT2D eigenvalue weighted by Crippen LogP contribution is -2.35. The Morgan fingerprint density at radius 2 is 1.77 bits per heavy atom. The minimum absolute atomic E-state index is 0.147. The molecule has 1 aromatic carbocycles. The van der Waals surface area contributed by atoms with Crippen molar-refractivity contribution in [3.63, 3.8) is 0 Å². The van der Waals surface area contributed by atoms with E-state index >= 15 is 0 Å². The van der Waals surface area contributed by atoms with Crippen molar-refractivity contribution >= 4 is 26.0 Å². The van der Waals surface area contributed by atoms with Gasteiger partial charge in [0.2, 0.25) is 0 Å². The topological polar surface area (TPSA) is 123 Å². The molecular weight excluding hydrogens is 382 g/mol. The Labute approximate surface area is 151 Å². The zero-order chi connectivity index (χ0) is 19.4. The fraction of sp³-hybridized carbons (Fsp3) is 0.200. The summed E-state index contributed by atoms with van der Waals surface area (Å²) < 4.78 is 48.1. The largest absolute Gasteiger partial charge is 0.429 e. The molecule has 1 aromatic heterocycles. The predicted octanol–water partition coefficient (Wildman–Crippen LogP) is 0.947. The minimum Gasteiger partial charge on any atom is -0.338 e. The van der Waals surface area contributed by atoms with Gasteiger partial charge < -0.3 is 9.74 Å². The van der Waals surface area contributed by atoms with Crippen molar-refractivity contribution in [3.05, 3.63) is 54.4 Å². The van der Waals surface area contributed by atoms with Gasteiger partial charge in [0.15, 0.2) is 9.84 Å². The second kappa shape index (κ2) is 7.81. The van der Waals surface area contributed by atoms with Crippen LogP contribution in [0, 0.1) is 0 Å². The quantitative estimate of drug-likeness (QED) is 0.717. The Hall–Kier alpha value is -2.50. The number of amides is 1. The summed E-state index contributed by atoms with van der Waals surface area (Å²) in [7, 11) is -6.77. The molecule has 11 heteroatoms. The number of sulfone groups is 1. The van der Waals surface area contributed by atoms with Gasteiger partial charge in [-0.15, -0.1) is 0 Å². The average Bonchev–Trinajstić information content (AvgIpc) is 2.60. The SMILES string of the molecule is CN(Cc1cccnc1)C(=O)ONS(=O)(=O)c1ccccc1S(C)(=O)=O. The molecule has 0 bridgehead atoms. The van der Waals surface area contributed by atoms with E-state index in [2.05, 4.69) is 9.82 Å². The van der Waals surface area contributed by atoms with Gasteiger partial charge in [0, 0.05) is 25.7 Å². The maximum Gasteiger partial charge on any atom is 0.429 e. The second-order valence-corrected chi connectivity index (χ2v) is 8.99. The van der Waals surface area contributed by atoms with E-state index < -0.39 is 35.7 Å². The van der Waals surface area contributed by atoms with E-state index in [1.807, 2.05) is 0 Å². The monoisotopic (exact) mass is 399 g/mol. The first kappa shape index (κ1) is 19.8. The minimum atomic E-state index is -4.39. The Bertz CT molecular complexity index is 991. The summed E-state index contributed by atoms with van der Waals surface area (Å²) in [6, 6.07) is 8.44. The summed E-state index contributed by atoms with van der Waals surface area (Å²) in [5, 5.41) is 0. The lowest BCUT2D eigenvalue weighted by molar-refractivity contribution is 0.0893. The Morgan fingerprint density at radius 3 is 2.35 bits per heavy atom. The Morgan fingerprint density at radius 1 is 1.12 bits per heavy atom. The van der Waals surface area contributed by atoms with Crippen molar-refractivity contribution in [1.29, 1.82) is 0 Å². The van der Waals surface area contributed by atoms with E-state index in [1.165, 1.54) is 19.2 Å². The Kier molecular flexibility index (Phi) is 5.95. The van der Waals surface area contributed by atoms with Crippen LogP contribution in [0.15, 0.2) is 58.6 Å². The molecule has 0 aliphatic rings. The zero-order valence-electron chi connectivity index (χ0n) is 14.0. The smallest absolute Gasteiger partial charge is 0.338 e. The van der Waals surface area contributed by atoms with Crippen LogP contribution < -0.4 is 4.89 Å². The molecule has 1 N–H and O–H groups in total. The molecule has 0 saturated heterocycles. The molecule has 1 amide bonds. The molecule has 26 heavy (non-hydrogen) atoms. The predicted molar refractivity (Wildman–Crippen MR) is 92.1 cm³/mol. The molecule has 9 nitrogen and oxygen atoms in total. The van der Waals surface area contributed by atoms with Gasteiger partial charge in [-0.1, -0.05) is 18.2 Å². The second-order valence-electron chi connectivity index (χ2n) is 5.39. The zero-order valence-corrected chi connectivity index (χ0v) is 15.6. The molecule has 1 heterocycles. The van der Waals surface area contributed by atoms with Crippen LogP contribution in [0.1, 0.15) is 5.56 Å². The van der Waals surface area contributed by atoms with Gasteiger partial charge in [-0.2, -0.15) is 0 Å². The summed E-state index contributed by atoms with van der Waals surface area (Å²) in [5.74, 6) is 0. The van der Waals surface area contributed by atoms with Crippen molar-refractivity contribution in [2.24, 2.45) is 0 Å². The third-order valence-electron chi connectivity index (χ3n) is 3.23. The van der Waals surface area contributed by atoms with Crippen LogP contribution >= 0.6 is 0 Å². The van der Waals surface area contributed by atoms with Crippen molar-refractivity contribution < 1.29 is 26.5 Å². The summed E-state index contributed by atoms with van der Waals surface area (Å²) in [4.78, 5) is 22.3. The fourth-order valence-corrected chi connectivity index (χ4v) is 4.43. The van der Waals surface area contributed by atoms with Gasteiger partial charge in [0.25, 0.3) is 10.0 Å². The van der Waals surface area contributed by atoms with E-state index in [9.17, 15) is 21.6 Å². The van der Waals surface area contributed by atoms with Gasteiger partial charge in [-0.3, -0.25) is 4.98 Å². The number of carbonyl (C=O) groups excluding carboxylic acids is 1. The van der Waals surface area contributed by atoms with Gasteiger partial charge in [-0.25, -0.2) is 21.6 Å². The number of carbonyl (C=O) groups is 1. The standard InChI is InChI=1S/C15H17N3O6S2/c1-18(11-12-6-5-9-16-10-12)15(19)24-17-26(22,23)14-8-4-3-7-13(14)25(2,20)21/h3-10,17H,11H2,1-2H3.